The maximum absolute atomic E-state index is 13.7. The van der Waals surface area contributed by atoms with E-state index < -0.39 is 10.7 Å². The standard InChI is InChI=1S/C13H14FN3O2S/c1-7(13-8(2)20-9(3)16-13)15-12-6-10(17(18)19)4-5-11(12)14/h4-7,15H,1-3H3. The third-order valence-electron chi connectivity index (χ3n) is 2.88. The van der Waals surface area contributed by atoms with E-state index in [4.69, 9.17) is 0 Å². The first-order valence-corrected chi connectivity index (χ1v) is 6.84. The maximum atomic E-state index is 13.7. The predicted octanol–water partition coefficient (Wildman–Crippen LogP) is 3.98. The molecular formula is C13H14FN3O2S. The van der Waals surface area contributed by atoms with E-state index in [9.17, 15) is 14.5 Å². The molecule has 1 aromatic heterocycles. The zero-order chi connectivity index (χ0) is 14.9. The van der Waals surface area contributed by atoms with Crippen LogP contribution >= 0.6 is 11.3 Å². The van der Waals surface area contributed by atoms with E-state index in [1.165, 1.54) is 6.07 Å². The molecule has 0 fully saturated rings. The lowest BCUT2D eigenvalue weighted by Gasteiger charge is -2.14. The zero-order valence-corrected chi connectivity index (χ0v) is 12.1. The van der Waals surface area contributed by atoms with Crippen LogP contribution in [0.2, 0.25) is 0 Å². The highest BCUT2D eigenvalue weighted by atomic mass is 32.1. The fourth-order valence-electron chi connectivity index (χ4n) is 1.99. The van der Waals surface area contributed by atoms with Crippen LogP contribution in [0.3, 0.4) is 0 Å². The fourth-order valence-corrected chi connectivity index (χ4v) is 2.90. The molecule has 1 heterocycles. The predicted molar refractivity (Wildman–Crippen MR) is 76.7 cm³/mol. The summed E-state index contributed by atoms with van der Waals surface area (Å²) in [7, 11) is 0. The van der Waals surface area contributed by atoms with Gasteiger partial charge in [0.25, 0.3) is 5.69 Å². The number of thiazole rings is 1. The average Bonchev–Trinajstić information content (AvgIpc) is 2.71. The van der Waals surface area contributed by atoms with Gasteiger partial charge in [-0.2, -0.15) is 0 Å². The number of hydrogen-bond acceptors (Lipinski definition) is 5. The van der Waals surface area contributed by atoms with Crippen molar-refractivity contribution in [1.82, 2.24) is 4.98 Å². The number of aromatic nitrogens is 1. The Morgan fingerprint density at radius 1 is 1.45 bits per heavy atom. The zero-order valence-electron chi connectivity index (χ0n) is 11.3. The van der Waals surface area contributed by atoms with Crippen molar-refractivity contribution in [2.24, 2.45) is 0 Å². The second-order valence-corrected chi connectivity index (χ2v) is 5.87. The molecule has 7 heteroatoms. The Bertz CT molecular complexity index is 657. The van der Waals surface area contributed by atoms with Gasteiger partial charge in [0.2, 0.25) is 0 Å². The summed E-state index contributed by atoms with van der Waals surface area (Å²) >= 11 is 1.57. The van der Waals surface area contributed by atoms with Crippen LogP contribution in [0.1, 0.15) is 28.5 Å². The highest BCUT2D eigenvalue weighted by molar-refractivity contribution is 7.11. The number of benzene rings is 1. The molecule has 1 N–H and O–H groups in total. The van der Waals surface area contributed by atoms with Crippen molar-refractivity contribution in [3.63, 3.8) is 0 Å². The highest BCUT2D eigenvalue weighted by Crippen LogP contribution is 2.28. The Labute approximate surface area is 119 Å². The molecule has 1 unspecified atom stereocenters. The Balaban J connectivity index is 2.27. The van der Waals surface area contributed by atoms with E-state index in [-0.39, 0.29) is 17.4 Å². The minimum absolute atomic E-state index is 0.108. The Morgan fingerprint density at radius 2 is 2.15 bits per heavy atom. The van der Waals surface area contributed by atoms with E-state index in [1.807, 2.05) is 20.8 Å². The number of nitro benzene ring substituents is 1. The molecule has 0 radical (unpaired) electrons. The van der Waals surface area contributed by atoms with Crippen LogP contribution in [0.15, 0.2) is 18.2 Å². The molecular weight excluding hydrogens is 281 g/mol. The molecule has 0 saturated heterocycles. The molecule has 0 spiro atoms. The van der Waals surface area contributed by atoms with Crippen LogP contribution < -0.4 is 5.32 Å². The minimum Gasteiger partial charge on any atom is -0.374 e. The van der Waals surface area contributed by atoms with Gasteiger partial charge in [0.05, 0.1) is 27.4 Å². The van der Waals surface area contributed by atoms with Gasteiger partial charge in [-0.3, -0.25) is 10.1 Å². The summed E-state index contributed by atoms with van der Waals surface area (Å²) in [5.41, 5.74) is 0.794. The number of hydrogen-bond donors (Lipinski definition) is 1. The monoisotopic (exact) mass is 295 g/mol. The largest absolute Gasteiger partial charge is 0.374 e. The molecule has 0 aliphatic rings. The molecule has 2 aromatic rings. The van der Waals surface area contributed by atoms with E-state index in [2.05, 4.69) is 10.3 Å². The number of non-ortho nitro benzene ring substituents is 1. The Kier molecular flexibility index (Phi) is 3.99. The average molecular weight is 295 g/mol. The number of rotatable bonds is 4. The van der Waals surface area contributed by atoms with Crippen LogP contribution in [-0.4, -0.2) is 9.91 Å². The molecule has 5 nitrogen and oxygen atoms in total. The summed E-state index contributed by atoms with van der Waals surface area (Å²) in [6, 6.07) is 3.20. The fraction of sp³-hybridized carbons (Fsp3) is 0.308. The number of nitro groups is 1. The SMILES string of the molecule is Cc1nc(C(C)Nc2cc([N+](=O)[O-])ccc2F)c(C)s1. The summed E-state index contributed by atoms with van der Waals surface area (Å²) in [6.45, 7) is 5.70. The van der Waals surface area contributed by atoms with E-state index in [0.29, 0.717) is 0 Å². The van der Waals surface area contributed by atoms with Crippen LogP contribution in [-0.2, 0) is 0 Å². The first-order chi connectivity index (χ1) is 9.38. The van der Waals surface area contributed by atoms with Crippen LogP contribution in [0.5, 0.6) is 0 Å². The number of halogens is 1. The van der Waals surface area contributed by atoms with Gasteiger partial charge >= 0.3 is 0 Å². The number of nitrogens with zero attached hydrogens (tertiary/aromatic N) is 2. The first kappa shape index (κ1) is 14.4. The second-order valence-electron chi connectivity index (χ2n) is 4.46. The Morgan fingerprint density at radius 3 is 2.70 bits per heavy atom. The maximum Gasteiger partial charge on any atom is 0.271 e. The molecule has 0 bridgehead atoms. The van der Waals surface area contributed by atoms with E-state index in [0.717, 1.165) is 27.7 Å². The summed E-state index contributed by atoms with van der Waals surface area (Å²) in [5, 5.41) is 14.6. The molecule has 0 aliphatic carbocycles. The summed E-state index contributed by atoms with van der Waals surface area (Å²) in [4.78, 5) is 15.6. The van der Waals surface area contributed by atoms with Crippen molar-refractivity contribution in [3.8, 4) is 0 Å². The smallest absolute Gasteiger partial charge is 0.271 e. The van der Waals surface area contributed by atoms with Crippen LogP contribution in [0.25, 0.3) is 0 Å². The van der Waals surface area contributed by atoms with E-state index >= 15 is 0 Å². The van der Waals surface area contributed by atoms with Gasteiger partial charge in [-0.05, 0) is 26.8 Å². The third-order valence-corrected chi connectivity index (χ3v) is 3.78. The lowest BCUT2D eigenvalue weighted by atomic mass is 10.2. The molecule has 0 saturated carbocycles. The molecule has 0 aliphatic heterocycles. The van der Waals surface area contributed by atoms with Crippen molar-refractivity contribution >= 4 is 22.7 Å². The molecule has 1 atom stereocenters. The van der Waals surface area contributed by atoms with Crippen molar-refractivity contribution in [2.45, 2.75) is 26.8 Å². The van der Waals surface area contributed by atoms with Crippen LogP contribution in [0, 0.1) is 29.8 Å². The van der Waals surface area contributed by atoms with Gasteiger partial charge < -0.3 is 5.32 Å². The van der Waals surface area contributed by atoms with Gasteiger partial charge in [-0.15, -0.1) is 11.3 Å². The number of aryl methyl sites for hydroxylation is 2. The lowest BCUT2D eigenvalue weighted by molar-refractivity contribution is -0.384. The van der Waals surface area contributed by atoms with Gasteiger partial charge in [0, 0.05) is 17.0 Å². The molecule has 2 rings (SSSR count). The molecule has 1 aromatic carbocycles. The molecule has 0 amide bonds. The number of nitrogens with one attached hydrogen (secondary N) is 1. The lowest BCUT2D eigenvalue weighted by Crippen LogP contribution is -2.10. The summed E-state index contributed by atoms with van der Waals surface area (Å²) < 4.78 is 13.7. The topological polar surface area (TPSA) is 68.1 Å². The van der Waals surface area contributed by atoms with Crippen LogP contribution in [0.4, 0.5) is 15.8 Å². The van der Waals surface area contributed by atoms with Gasteiger partial charge in [0.1, 0.15) is 5.82 Å². The Hall–Kier alpha value is -2.02. The van der Waals surface area contributed by atoms with Crippen molar-refractivity contribution in [2.75, 3.05) is 5.32 Å². The normalized spacial score (nSPS) is 12.2. The van der Waals surface area contributed by atoms with Gasteiger partial charge in [-0.1, -0.05) is 0 Å². The van der Waals surface area contributed by atoms with Gasteiger partial charge in [0.15, 0.2) is 0 Å². The van der Waals surface area contributed by atoms with Crippen molar-refractivity contribution in [1.29, 1.82) is 0 Å². The quantitative estimate of drug-likeness (QED) is 0.684. The summed E-state index contributed by atoms with van der Waals surface area (Å²) in [5.74, 6) is -0.521. The van der Waals surface area contributed by atoms with E-state index in [1.54, 1.807) is 11.3 Å². The summed E-state index contributed by atoms with van der Waals surface area (Å²) in [6.07, 6.45) is 0. The third kappa shape index (κ3) is 2.93. The highest BCUT2D eigenvalue weighted by Gasteiger charge is 2.16. The minimum atomic E-state index is -0.548. The molecule has 106 valence electrons. The second kappa shape index (κ2) is 5.54. The van der Waals surface area contributed by atoms with Crippen molar-refractivity contribution in [3.05, 3.63) is 49.7 Å². The van der Waals surface area contributed by atoms with Crippen molar-refractivity contribution < 1.29 is 9.31 Å². The first-order valence-electron chi connectivity index (χ1n) is 6.03. The number of anilines is 1. The van der Waals surface area contributed by atoms with Gasteiger partial charge in [-0.25, -0.2) is 9.37 Å². The molecule has 20 heavy (non-hydrogen) atoms.